The Kier molecular flexibility index (Phi) is 11.0. The maximum atomic E-state index is 13.0. The zero-order chi connectivity index (χ0) is 32.1. The first-order valence-corrected chi connectivity index (χ1v) is 13.4. The van der Waals surface area contributed by atoms with Crippen molar-refractivity contribution in [3.63, 3.8) is 0 Å². The fourth-order valence-corrected chi connectivity index (χ4v) is 5.93. The van der Waals surface area contributed by atoms with Gasteiger partial charge in [-0.15, -0.1) is 13.2 Å². The Balaban J connectivity index is 0.00000162. The number of amides is 1. The first-order chi connectivity index (χ1) is 20.0. The van der Waals surface area contributed by atoms with E-state index in [9.17, 15) is 44.3 Å². The molecular formula is C26H30F9N3O5. The second-order valence-electron chi connectivity index (χ2n) is 10.7. The van der Waals surface area contributed by atoms with E-state index in [0.29, 0.717) is 30.6 Å². The number of piperidine rings is 1. The van der Waals surface area contributed by atoms with Crippen LogP contribution < -0.4 is 4.74 Å². The summed E-state index contributed by atoms with van der Waals surface area (Å²) in [7, 11) is 0. The highest BCUT2D eigenvalue weighted by molar-refractivity contribution is 5.68. The van der Waals surface area contributed by atoms with Gasteiger partial charge in [0.25, 0.3) is 6.10 Å². The molecule has 17 heteroatoms. The Labute approximate surface area is 240 Å². The summed E-state index contributed by atoms with van der Waals surface area (Å²) in [5, 5.41) is 0. The molecule has 1 spiro atoms. The number of ether oxygens (including phenoxy) is 2. The fourth-order valence-electron chi connectivity index (χ4n) is 5.93. The number of rotatable bonds is 6. The lowest BCUT2D eigenvalue weighted by Gasteiger charge is -2.45. The first-order valence-electron chi connectivity index (χ1n) is 13.4. The molecule has 3 fully saturated rings. The van der Waals surface area contributed by atoms with Gasteiger partial charge in [-0.05, 0) is 81.4 Å². The smallest absolute Gasteiger partial charge is 0.426 e. The van der Waals surface area contributed by atoms with Crippen LogP contribution in [0.25, 0.3) is 0 Å². The van der Waals surface area contributed by atoms with Crippen molar-refractivity contribution in [2.24, 2.45) is 0 Å². The molecular weight excluding hydrogens is 605 g/mol. The Morgan fingerprint density at radius 1 is 0.791 bits per heavy atom. The summed E-state index contributed by atoms with van der Waals surface area (Å²) < 4.78 is 124. The van der Waals surface area contributed by atoms with Gasteiger partial charge in [0, 0.05) is 31.7 Å². The van der Waals surface area contributed by atoms with E-state index in [1.54, 1.807) is 0 Å². The van der Waals surface area contributed by atoms with Crippen molar-refractivity contribution in [3.05, 3.63) is 29.3 Å². The van der Waals surface area contributed by atoms with Crippen molar-refractivity contribution < 1.29 is 63.4 Å². The summed E-state index contributed by atoms with van der Waals surface area (Å²) >= 11 is 0. The fraction of sp³-hybridized carbons (Fsp3) is 0.692. The van der Waals surface area contributed by atoms with Crippen LogP contribution in [0.4, 0.5) is 44.3 Å². The van der Waals surface area contributed by atoms with Gasteiger partial charge in [-0.3, -0.25) is 9.80 Å². The summed E-state index contributed by atoms with van der Waals surface area (Å²) in [6.07, 6.45) is -18.1. The molecule has 0 aromatic heterocycles. The zero-order valence-corrected chi connectivity index (χ0v) is 22.8. The largest absolute Gasteiger partial charge is 0.573 e. The molecule has 0 bridgehead atoms. The van der Waals surface area contributed by atoms with Gasteiger partial charge in [-0.25, -0.2) is 4.79 Å². The van der Waals surface area contributed by atoms with Gasteiger partial charge < -0.3 is 14.4 Å². The molecule has 1 aromatic rings. The average molecular weight is 636 g/mol. The summed E-state index contributed by atoms with van der Waals surface area (Å²) in [5.74, 6) is -0.325. The lowest BCUT2D eigenvalue weighted by molar-refractivity contribution is -0.308. The molecule has 0 N–H and O–H groups in total. The number of halogens is 9. The quantitative estimate of drug-likeness (QED) is 0.374. The molecule has 8 nitrogen and oxygen atoms in total. The van der Waals surface area contributed by atoms with E-state index in [1.165, 1.54) is 12.1 Å². The second kappa shape index (κ2) is 13.7. The van der Waals surface area contributed by atoms with Crippen LogP contribution in [0.2, 0.25) is 0 Å². The van der Waals surface area contributed by atoms with Gasteiger partial charge in [-0.1, -0.05) is 6.07 Å². The Morgan fingerprint density at radius 3 is 1.84 bits per heavy atom. The Hall–Kier alpha value is -3.04. The summed E-state index contributed by atoms with van der Waals surface area (Å²) in [6.45, 7) is 2.81. The predicted octanol–water partition coefficient (Wildman–Crippen LogP) is 5.66. The second-order valence-corrected chi connectivity index (χ2v) is 10.7. The summed E-state index contributed by atoms with van der Waals surface area (Å²) in [5.41, 5.74) is 0.769. The molecule has 3 saturated heterocycles. The monoisotopic (exact) mass is 635 g/mol. The standard InChI is InChI=1S/C25H30F9N3O3.CO2/c26-23(27,28)20(24(29,30)31)39-21(38)36-10-5-22(6-11-36)4-3-9-37(22)16-18-12-17(15-35-7-1-2-8-35)13-19(14-18)40-25(32,33)34;2-1-3/h12-14,20H,1-11,15-16H2;. The number of hydrogen-bond donors (Lipinski definition) is 0. The van der Waals surface area contributed by atoms with Crippen molar-refractivity contribution in [2.75, 3.05) is 32.7 Å². The molecule has 4 rings (SSSR count). The van der Waals surface area contributed by atoms with Crippen molar-refractivity contribution in [1.82, 2.24) is 14.7 Å². The topological polar surface area (TPSA) is 79.4 Å². The molecule has 0 unspecified atom stereocenters. The van der Waals surface area contributed by atoms with Gasteiger partial charge in [0.1, 0.15) is 5.75 Å². The highest BCUT2D eigenvalue weighted by atomic mass is 19.4. The molecule has 0 saturated carbocycles. The third-order valence-corrected chi connectivity index (χ3v) is 7.74. The Bertz CT molecular complexity index is 1110. The van der Waals surface area contributed by atoms with Gasteiger partial charge in [-0.2, -0.15) is 35.9 Å². The molecule has 1 aromatic carbocycles. The van der Waals surface area contributed by atoms with Crippen LogP contribution in [0.3, 0.4) is 0 Å². The van der Waals surface area contributed by atoms with Crippen LogP contribution in [-0.2, 0) is 27.4 Å². The minimum absolute atomic E-state index is 0.116. The maximum Gasteiger partial charge on any atom is 0.573 e. The van der Waals surface area contributed by atoms with Crippen molar-refractivity contribution in [3.8, 4) is 5.75 Å². The number of nitrogens with zero attached hydrogens (tertiary/aromatic N) is 3. The van der Waals surface area contributed by atoms with Gasteiger partial charge in [0.15, 0.2) is 0 Å². The van der Waals surface area contributed by atoms with Crippen molar-refractivity contribution in [2.45, 2.75) is 82.0 Å². The number of likely N-dealkylation sites (tertiary alicyclic amines) is 3. The van der Waals surface area contributed by atoms with E-state index in [2.05, 4.69) is 19.3 Å². The molecule has 1 amide bonds. The van der Waals surface area contributed by atoms with E-state index in [0.717, 1.165) is 37.3 Å². The number of benzene rings is 1. The number of carbonyl (C=O) groups is 1. The van der Waals surface area contributed by atoms with E-state index in [1.807, 2.05) is 6.07 Å². The van der Waals surface area contributed by atoms with Crippen LogP contribution in [0.15, 0.2) is 18.2 Å². The molecule has 0 atom stereocenters. The van der Waals surface area contributed by atoms with E-state index < -0.39 is 36.5 Å². The predicted molar refractivity (Wildman–Crippen MR) is 128 cm³/mol. The molecule has 0 aliphatic carbocycles. The van der Waals surface area contributed by atoms with Crippen molar-refractivity contribution >= 4 is 12.2 Å². The Morgan fingerprint density at radius 2 is 1.33 bits per heavy atom. The minimum atomic E-state index is -5.80. The lowest BCUT2D eigenvalue weighted by atomic mass is 9.85. The number of alkyl halides is 9. The molecule has 3 aliphatic heterocycles. The SMILES string of the molecule is O=C(OC(C(F)(F)F)C(F)(F)F)N1CCC2(CCCN2Cc2cc(CN3CCCC3)cc(OC(F)(F)F)c2)CC1.O=C=O. The number of hydrogen-bond acceptors (Lipinski definition) is 7. The van der Waals surface area contributed by atoms with Crippen molar-refractivity contribution in [1.29, 1.82) is 0 Å². The van der Waals surface area contributed by atoms with E-state index >= 15 is 0 Å². The normalized spacial score (nSPS) is 19.7. The van der Waals surface area contributed by atoms with Crippen LogP contribution in [0.5, 0.6) is 5.75 Å². The third-order valence-electron chi connectivity index (χ3n) is 7.74. The highest BCUT2D eigenvalue weighted by Gasteiger charge is 2.60. The van der Waals surface area contributed by atoms with Crippen LogP contribution in [0, 0.1) is 0 Å². The molecule has 43 heavy (non-hydrogen) atoms. The van der Waals surface area contributed by atoms with Crippen LogP contribution in [0.1, 0.15) is 49.7 Å². The molecule has 3 heterocycles. The molecule has 242 valence electrons. The van der Waals surface area contributed by atoms with Gasteiger partial charge >= 0.3 is 31.0 Å². The van der Waals surface area contributed by atoms with E-state index in [4.69, 9.17) is 9.59 Å². The molecule has 3 aliphatic rings. The first kappa shape index (κ1) is 34.5. The van der Waals surface area contributed by atoms with Crippen LogP contribution >= 0.6 is 0 Å². The van der Waals surface area contributed by atoms with Gasteiger partial charge in [0.2, 0.25) is 0 Å². The lowest BCUT2D eigenvalue weighted by Crippen LogP contribution is -2.54. The third kappa shape index (κ3) is 9.73. The summed E-state index contributed by atoms with van der Waals surface area (Å²) in [4.78, 5) is 33.5. The number of carbonyl (C=O) groups excluding carboxylic acids is 3. The maximum absolute atomic E-state index is 13.0. The highest BCUT2D eigenvalue weighted by Crippen LogP contribution is 2.41. The minimum Gasteiger partial charge on any atom is -0.426 e. The van der Waals surface area contributed by atoms with E-state index in [-0.39, 0.29) is 44.4 Å². The van der Waals surface area contributed by atoms with Gasteiger partial charge in [0.05, 0.1) is 0 Å². The van der Waals surface area contributed by atoms with Crippen LogP contribution in [-0.4, -0.2) is 90.0 Å². The summed E-state index contributed by atoms with van der Waals surface area (Å²) in [6, 6.07) is 4.52. The average Bonchev–Trinajstić information content (AvgIpc) is 3.51. The molecule has 0 radical (unpaired) electrons. The zero-order valence-electron chi connectivity index (χ0n) is 22.8.